The number of benzene rings is 2. The Balaban J connectivity index is 1.62. The van der Waals surface area contributed by atoms with Crippen LogP contribution in [0.2, 0.25) is 0 Å². The second-order valence-corrected chi connectivity index (χ2v) is 7.17. The lowest BCUT2D eigenvalue weighted by Crippen LogP contribution is -2.39. The van der Waals surface area contributed by atoms with E-state index in [0.717, 1.165) is 48.1 Å². The highest BCUT2D eigenvalue weighted by atomic mass is 16.5. The molecule has 1 saturated carbocycles. The highest BCUT2D eigenvalue weighted by Gasteiger charge is 2.46. The van der Waals surface area contributed by atoms with Gasteiger partial charge in [0.15, 0.2) is 0 Å². The van der Waals surface area contributed by atoms with E-state index in [1.54, 1.807) is 0 Å². The second-order valence-electron chi connectivity index (χ2n) is 7.17. The fourth-order valence-corrected chi connectivity index (χ4v) is 4.30. The number of rotatable bonds is 3. The van der Waals surface area contributed by atoms with Crippen LogP contribution in [0.5, 0.6) is 11.5 Å². The van der Waals surface area contributed by atoms with Crippen LogP contribution < -0.4 is 4.74 Å². The Labute approximate surface area is 142 Å². The van der Waals surface area contributed by atoms with E-state index < -0.39 is 5.60 Å². The molecular weight excluding hydrogens is 300 g/mol. The Kier molecular flexibility index (Phi) is 3.76. The summed E-state index contributed by atoms with van der Waals surface area (Å²) in [5.74, 6) is 1.54. The molecule has 2 N–H and O–H groups in total. The van der Waals surface area contributed by atoms with Crippen molar-refractivity contribution in [3.8, 4) is 11.5 Å². The Bertz CT molecular complexity index is 740. The lowest BCUT2D eigenvalue weighted by molar-refractivity contribution is -0.0429. The molecule has 1 fully saturated rings. The normalized spacial score (nSPS) is 28.1. The predicted molar refractivity (Wildman–Crippen MR) is 93.4 cm³/mol. The maximum atomic E-state index is 11.1. The van der Waals surface area contributed by atoms with Crippen molar-refractivity contribution in [1.29, 1.82) is 0 Å². The van der Waals surface area contributed by atoms with Crippen LogP contribution >= 0.6 is 0 Å². The van der Waals surface area contributed by atoms with Crippen LogP contribution in [0.25, 0.3) is 0 Å². The number of hydrogen-bond acceptors (Lipinski definition) is 3. The number of aromatic hydroxyl groups is 1. The van der Waals surface area contributed by atoms with Gasteiger partial charge in [0.05, 0.1) is 5.60 Å². The third kappa shape index (κ3) is 2.48. The summed E-state index contributed by atoms with van der Waals surface area (Å²) in [6, 6.07) is 13.8. The molecule has 2 aliphatic rings. The number of fused-ring (bicyclic) bond motifs is 3. The molecule has 0 spiro atoms. The van der Waals surface area contributed by atoms with Crippen LogP contribution in [0.4, 0.5) is 0 Å². The van der Waals surface area contributed by atoms with Gasteiger partial charge in [0.2, 0.25) is 0 Å². The lowest BCUT2D eigenvalue weighted by Gasteiger charge is -2.38. The molecule has 1 heterocycles. The van der Waals surface area contributed by atoms with Crippen molar-refractivity contribution in [3.63, 3.8) is 0 Å². The molecule has 126 valence electrons. The van der Waals surface area contributed by atoms with Gasteiger partial charge in [-0.05, 0) is 42.5 Å². The molecule has 2 aromatic rings. The topological polar surface area (TPSA) is 49.7 Å². The maximum Gasteiger partial charge on any atom is 0.123 e. The van der Waals surface area contributed by atoms with E-state index in [-0.39, 0.29) is 12.0 Å². The summed E-state index contributed by atoms with van der Waals surface area (Å²) in [5, 5.41) is 21.4. The number of hydrogen-bond donors (Lipinski definition) is 2. The number of aryl methyl sites for hydroxylation is 1. The fourth-order valence-electron chi connectivity index (χ4n) is 4.30. The van der Waals surface area contributed by atoms with Crippen molar-refractivity contribution in [2.45, 2.75) is 56.7 Å². The highest BCUT2D eigenvalue weighted by Crippen LogP contribution is 2.52. The molecule has 3 nitrogen and oxygen atoms in total. The molecule has 0 radical (unpaired) electrons. The van der Waals surface area contributed by atoms with Gasteiger partial charge in [0.1, 0.15) is 17.6 Å². The first-order valence-electron chi connectivity index (χ1n) is 8.91. The summed E-state index contributed by atoms with van der Waals surface area (Å²) in [6.45, 7) is 2.10. The zero-order valence-electron chi connectivity index (χ0n) is 14.0. The smallest absolute Gasteiger partial charge is 0.123 e. The summed E-state index contributed by atoms with van der Waals surface area (Å²) in [5.41, 5.74) is 2.21. The standard InChI is InChI=1S/C21H24O3/c1-2-6-14-11-19-17(12-18(14)22)16-9-10-21(23,13-20(16)24-19)15-7-4-3-5-8-15/h3-5,7-8,11-12,16,20,22-23H,2,6,9-10,13H2,1H3/t16-,20-,21-/m0/s1. The summed E-state index contributed by atoms with van der Waals surface area (Å²) < 4.78 is 6.20. The van der Waals surface area contributed by atoms with Crippen molar-refractivity contribution >= 4 is 0 Å². The van der Waals surface area contributed by atoms with Crippen LogP contribution in [0.15, 0.2) is 42.5 Å². The van der Waals surface area contributed by atoms with Gasteiger partial charge in [-0.15, -0.1) is 0 Å². The minimum Gasteiger partial charge on any atom is -0.508 e. The third-order valence-corrected chi connectivity index (χ3v) is 5.58. The van der Waals surface area contributed by atoms with Gasteiger partial charge < -0.3 is 14.9 Å². The van der Waals surface area contributed by atoms with Crippen LogP contribution in [-0.2, 0) is 12.0 Å². The van der Waals surface area contributed by atoms with Gasteiger partial charge in [-0.25, -0.2) is 0 Å². The van der Waals surface area contributed by atoms with E-state index in [2.05, 4.69) is 6.92 Å². The highest BCUT2D eigenvalue weighted by molar-refractivity contribution is 5.51. The first-order chi connectivity index (χ1) is 11.6. The predicted octanol–water partition coefficient (Wildman–Crippen LogP) is 4.26. The van der Waals surface area contributed by atoms with Crippen molar-refractivity contribution in [2.24, 2.45) is 0 Å². The van der Waals surface area contributed by atoms with Crippen molar-refractivity contribution < 1.29 is 14.9 Å². The van der Waals surface area contributed by atoms with Crippen LogP contribution in [0, 0.1) is 0 Å². The Hall–Kier alpha value is -2.00. The molecule has 0 amide bonds. The van der Waals surface area contributed by atoms with E-state index in [1.165, 1.54) is 0 Å². The minimum atomic E-state index is -0.821. The monoisotopic (exact) mass is 324 g/mol. The molecule has 3 atom stereocenters. The number of phenols is 1. The number of phenolic OH excluding ortho intramolecular Hbond substituents is 1. The van der Waals surface area contributed by atoms with E-state index >= 15 is 0 Å². The molecular formula is C21H24O3. The van der Waals surface area contributed by atoms with Gasteiger partial charge in [0.25, 0.3) is 0 Å². The van der Waals surface area contributed by atoms with E-state index in [0.29, 0.717) is 12.2 Å². The molecule has 2 aromatic carbocycles. The van der Waals surface area contributed by atoms with Gasteiger partial charge in [0, 0.05) is 17.9 Å². The number of ether oxygens (including phenoxy) is 1. The second kappa shape index (κ2) is 5.82. The zero-order valence-corrected chi connectivity index (χ0v) is 14.0. The summed E-state index contributed by atoms with van der Waals surface area (Å²) in [4.78, 5) is 0. The third-order valence-electron chi connectivity index (χ3n) is 5.58. The van der Waals surface area contributed by atoms with Crippen molar-refractivity contribution in [2.75, 3.05) is 0 Å². The van der Waals surface area contributed by atoms with Crippen molar-refractivity contribution in [3.05, 3.63) is 59.2 Å². The van der Waals surface area contributed by atoms with Gasteiger partial charge in [-0.1, -0.05) is 43.7 Å². The summed E-state index contributed by atoms with van der Waals surface area (Å²) in [7, 11) is 0. The molecule has 4 rings (SSSR count). The van der Waals surface area contributed by atoms with Crippen molar-refractivity contribution in [1.82, 2.24) is 0 Å². The first-order valence-corrected chi connectivity index (χ1v) is 8.91. The fraction of sp³-hybridized carbons (Fsp3) is 0.429. The van der Waals surface area contributed by atoms with E-state index in [4.69, 9.17) is 4.74 Å². The van der Waals surface area contributed by atoms with Crippen LogP contribution in [0.3, 0.4) is 0 Å². The molecule has 0 saturated heterocycles. The SMILES string of the molecule is CCCc1cc2c(cc1O)[C@@H]1CC[C@@](O)(c3ccccc3)C[C@@H]1O2. The van der Waals surface area contributed by atoms with Crippen LogP contribution in [-0.4, -0.2) is 16.3 Å². The van der Waals surface area contributed by atoms with Gasteiger partial charge >= 0.3 is 0 Å². The summed E-state index contributed by atoms with van der Waals surface area (Å²) >= 11 is 0. The van der Waals surface area contributed by atoms with Crippen LogP contribution in [0.1, 0.15) is 55.2 Å². The minimum absolute atomic E-state index is 0.0183. The first kappa shape index (κ1) is 15.5. The Morgan fingerprint density at radius 2 is 2.00 bits per heavy atom. The largest absolute Gasteiger partial charge is 0.508 e. The van der Waals surface area contributed by atoms with E-state index in [1.807, 2.05) is 42.5 Å². The molecule has 3 heteroatoms. The molecule has 0 bridgehead atoms. The quantitative estimate of drug-likeness (QED) is 0.887. The maximum absolute atomic E-state index is 11.1. The average molecular weight is 324 g/mol. The molecule has 24 heavy (non-hydrogen) atoms. The Morgan fingerprint density at radius 1 is 1.21 bits per heavy atom. The van der Waals surface area contributed by atoms with E-state index in [9.17, 15) is 10.2 Å². The summed E-state index contributed by atoms with van der Waals surface area (Å²) in [6.07, 6.45) is 4.02. The average Bonchev–Trinajstić information content (AvgIpc) is 2.92. The Morgan fingerprint density at radius 3 is 2.75 bits per heavy atom. The van der Waals surface area contributed by atoms with Gasteiger partial charge in [-0.2, -0.15) is 0 Å². The molecule has 1 aliphatic heterocycles. The van der Waals surface area contributed by atoms with Gasteiger partial charge in [-0.3, -0.25) is 0 Å². The lowest BCUT2D eigenvalue weighted by atomic mass is 9.72. The molecule has 0 unspecified atom stereocenters. The number of aliphatic hydroxyl groups is 1. The zero-order chi connectivity index (χ0) is 16.7. The molecule has 1 aliphatic carbocycles. The molecule has 0 aromatic heterocycles.